The summed E-state index contributed by atoms with van der Waals surface area (Å²) in [5, 5.41) is 8.43. The number of carbonyl (C=O) groups is 3. The van der Waals surface area contributed by atoms with E-state index >= 15 is 0 Å². The summed E-state index contributed by atoms with van der Waals surface area (Å²) in [6.07, 6.45) is 3.26. The molecule has 30 heavy (non-hydrogen) atoms. The molecule has 0 radical (unpaired) electrons. The fraction of sp³-hybridized carbons (Fsp3) is 0.143. The highest BCUT2D eigenvalue weighted by Gasteiger charge is 2.36. The topological polar surface area (TPSA) is 84.3 Å². The van der Waals surface area contributed by atoms with Crippen LogP contribution in [0, 0.1) is 6.92 Å². The SMILES string of the molecule is Cc1cccc(Cn2nccc2NC(=O)CN2C(=O)S/C(=C/c3cccs3)C2=O)c1. The predicted molar refractivity (Wildman–Crippen MR) is 118 cm³/mol. The lowest BCUT2D eigenvalue weighted by atomic mass is 10.1. The fourth-order valence-corrected chi connectivity index (χ4v) is 4.57. The van der Waals surface area contributed by atoms with E-state index in [0.717, 1.165) is 32.7 Å². The highest BCUT2D eigenvalue weighted by atomic mass is 32.2. The van der Waals surface area contributed by atoms with Gasteiger partial charge >= 0.3 is 0 Å². The molecule has 1 aromatic carbocycles. The number of amides is 3. The maximum Gasteiger partial charge on any atom is 0.294 e. The second kappa shape index (κ2) is 8.68. The van der Waals surface area contributed by atoms with E-state index in [4.69, 9.17) is 0 Å². The van der Waals surface area contributed by atoms with Gasteiger partial charge in [-0.1, -0.05) is 35.9 Å². The van der Waals surface area contributed by atoms with Gasteiger partial charge in [0.15, 0.2) is 0 Å². The summed E-state index contributed by atoms with van der Waals surface area (Å²) in [7, 11) is 0. The number of benzene rings is 1. The third kappa shape index (κ3) is 4.52. The number of rotatable bonds is 6. The van der Waals surface area contributed by atoms with Gasteiger partial charge in [-0.25, -0.2) is 4.68 Å². The molecule has 0 bridgehead atoms. The van der Waals surface area contributed by atoms with Crippen molar-refractivity contribution in [3.05, 3.63) is 75.0 Å². The second-order valence-corrected chi connectivity index (χ2v) is 8.67. The highest BCUT2D eigenvalue weighted by Crippen LogP contribution is 2.32. The molecular weight excluding hydrogens is 420 g/mol. The van der Waals surface area contributed by atoms with Crippen LogP contribution in [0.15, 0.2) is 58.9 Å². The monoisotopic (exact) mass is 438 g/mol. The molecule has 0 aliphatic carbocycles. The first-order chi connectivity index (χ1) is 14.5. The highest BCUT2D eigenvalue weighted by molar-refractivity contribution is 8.18. The second-order valence-electron chi connectivity index (χ2n) is 6.69. The Bertz CT molecular complexity index is 1130. The quantitative estimate of drug-likeness (QED) is 0.589. The number of carbonyl (C=O) groups excluding carboxylic acids is 3. The Morgan fingerprint density at radius 3 is 2.83 bits per heavy atom. The average Bonchev–Trinajstić information content (AvgIpc) is 3.42. The average molecular weight is 439 g/mol. The Balaban J connectivity index is 1.41. The van der Waals surface area contributed by atoms with Gasteiger partial charge in [0.25, 0.3) is 11.1 Å². The Kier molecular flexibility index (Phi) is 5.82. The maximum atomic E-state index is 12.5. The molecule has 1 saturated heterocycles. The Morgan fingerprint density at radius 2 is 2.07 bits per heavy atom. The van der Waals surface area contributed by atoms with Gasteiger partial charge in [0.2, 0.25) is 5.91 Å². The molecule has 1 aliphatic rings. The molecule has 3 aromatic rings. The number of nitrogens with one attached hydrogen (secondary N) is 1. The van der Waals surface area contributed by atoms with E-state index in [-0.39, 0.29) is 6.54 Å². The number of anilines is 1. The largest absolute Gasteiger partial charge is 0.309 e. The van der Waals surface area contributed by atoms with Crippen molar-refractivity contribution in [2.45, 2.75) is 13.5 Å². The number of aromatic nitrogens is 2. The smallest absolute Gasteiger partial charge is 0.294 e. The van der Waals surface area contributed by atoms with Crippen molar-refractivity contribution in [1.82, 2.24) is 14.7 Å². The van der Waals surface area contributed by atoms with Gasteiger partial charge in [0.1, 0.15) is 12.4 Å². The van der Waals surface area contributed by atoms with Crippen LogP contribution in [0.25, 0.3) is 6.08 Å². The van der Waals surface area contributed by atoms with Gasteiger partial charge in [-0.05, 0) is 41.8 Å². The first-order valence-corrected chi connectivity index (χ1v) is 10.9. The van der Waals surface area contributed by atoms with Crippen molar-refractivity contribution in [3.63, 3.8) is 0 Å². The summed E-state index contributed by atoms with van der Waals surface area (Å²) in [5.74, 6) is -0.412. The van der Waals surface area contributed by atoms with Crippen LogP contribution in [-0.2, 0) is 16.1 Å². The molecule has 0 saturated carbocycles. The standard InChI is InChI=1S/C21H18N4O3S2/c1-14-4-2-5-15(10-14)12-25-18(7-8-22-25)23-19(26)13-24-20(27)17(30-21(24)28)11-16-6-3-9-29-16/h2-11H,12-13H2,1H3,(H,23,26)/b17-11+. The van der Waals surface area contributed by atoms with Gasteiger partial charge in [0.05, 0.1) is 17.6 Å². The Morgan fingerprint density at radius 1 is 1.20 bits per heavy atom. The molecule has 7 nitrogen and oxygen atoms in total. The third-order valence-corrected chi connectivity index (χ3v) is 6.12. The Hall–Kier alpha value is -3.17. The lowest BCUT2D eigenvalue weighted by Gasteiger charge is -2.13. The number of hydrogen-bond acceptors (Lipinski definition) is 6. The van der Waals surface area contributed by atoms with Crippen LogP contribution in [0.2, 0.25) is 0 Å². The van der Waals surface area contributed by atoms with Crippen molar-refractivity contribution < 1.29 is 14.4 Å². The molecule has 4 rings (SSSR count). The molecule has 3 heterocycles. The van der Waals surface area contributed by atoms with Gasteiger partial charge in [-0.3, -0.25) is 19.3 Å². The number of aryl methyl sites for hydroxylation is 1. The molecule has 0 atom stereocenters. The molecule has 2 aromatic heterocycles. The summed E-state index contributed by atoms with van der Waals surface area (Å²) < 4.78 is 1.66. The van der Waals surface area contributed by atoms with Crippen LogP contribution in [0.3, 0.4) is 0 Å². The molecule has 0 unspecified atom stereocenters. The summed E-state index contributed by atoms with van der Waals surface area (Å²) in [5.41, 5.74) is 2.19. The molecule has 1 aliphatic heterocycles. The van der Waals surface area contributed by atoms with E-state index in [1.54, 1.807) is 23.0 Å². The number of thioether (sulfide) groups is 1. The first-order valence-electron chi connectivity index (χ1n) is 9.16. The molecule has 1 N–H and O–H groups in total. The lowest BCUT2D eigenvalue weighted by Crippen LogP contribution is -2.36. The van der Waals surface area contributed by atoms with Crippen molar-refractivity contribution >= 4 is 52.0 Å². The lowest BCUT2D eigenvalue weighted by molar-refractivity contribution is -0.127. The van der Waals surface area contributed by atoms with Crippen molar-refractivity contribution in [3.8, 4) is 0 Å². The van der Waals surface area contributed by atoms with E-state index in [1.807, 2.05) is 48.7 Å². The van der Waals surface area contributed by atoms with Crippen LogP contribution < -0.4 is 5.32 Å². The van der Waals surface area contributed by atoms with E-state index in [2.05, 4.69) is 10.4 Å². The van der Waals surface area contributed by atoms with Crippen LogP contribution in [0.4, 0.5) is 10.6 Å². The summed E-state index contributed by atoms with van der Waals surface area (Å²) in [6, 6.07) is 13.4. The van der Waals surface area contributed by atoms with Crippen molar-refractivity contribution in [2.75, 3.05) is 11.9 Å². The summed E-state index contributed by atoms with van der Waals surface area (Å²) in [6.45, 7) is 2.16. The molecule has 1 fully saturated rings. The molecule has 9 heteroatoms. The zero-order chi connectivity index (χ0) is 21.1. The van der Waals surface area contributed by atoms with Crippen LogP contribution in [0.5, 0.6) is 0 Å². The number of thiophene rings is 1. The minimum Gasteiger partial charge on any atom is -0.309 e. The number of nitrogens with zero attached hydrogens (tertiary/aromatic N) is 3. The van der Waals surface area contributed by atoms with Gasteiger partial charge in [-0.15, -0.1) is 11.3 Å². The summed E-state index contributed by atoms with van der Waals surface area (Å²) >= 11 is 2.32. The third-order valence-electron chi connectivity index (χ3n) is 4.39. The molecule has 0 spiro atoms. The van der Waals surface area contributed by atoms with Gasteiger partial charge in [-0.2, -0.15) is 5.10 Å². The van der Waals surface area contributed by atoms with Gasteiger partial charge in [0, 0.05) is 10.9 Å². The van der Waals surface area contributed by atoms with E-state index in [0.29, 0.717) is 17.3 Å². The zero-order valence-electron chi connectivity index (χ0n) is 16.1. The molecule has 152 valence electrons. The van der Waals surface area contributed by atoms with Gasteiger partial charge < -0.3 is 5.32 Å². The molecular formula is C21H18N4O3S2. The first kappa shape index (κ1) is 20.1. The van der Waals surface area contributed by atoms with E-state index in [9.17, 15) is 14.4 Å². The van der Waals surface area contributed by atoms with E-state index in [1.165, 1.54) is 11.3 Å². The van der Waals surface area contributed by atoms with Crippen LogP contribution >= 0.6 is 23.1 Å². The number of imide groups is 1. The fourth-order valence-electron chi connectivity index (χ4n) is 3.01. The van der Waals surface area contributed by atoms with Crippen LogP contribution in [-0.4, -0.2) is 38.3 Å². The van der Waals surface area contributed by atoms with Crippen molar-refractivity contribution in [2.24, 2.45) is 0 Å². The van der Waals surface area contributed by atoms with E-state index < -0.39 is 17.1 Å². The van der Waals surface area contributed by atoms with Crippen LogP contribution in [0.1, 0.15) is 16.0 Å². The van der Waals surface area contributed by atoms with Crippen molar-refractivity contribution in [1.29, 1.82) is 0 Å². The predicted octanol–water partition coefficient (Wildman–Crippen LogP) is 3.98. The summed E-state index contributed by atoms with van der Waals surface area (Å²) in [4.78, 5) is 39.5. The normalized spacial score (nSPS) is 15.2. The minimum absolute atomic E-state index is 0.319. The zero-order valence-corrected chi connectivity index (χ0v) is 17.7. The Labute approximate surface area is 181 Å². The molecule has 3 amide bonds. The maximum absolute atomic E-state index is 12.5. The minimum atomic E-state index is -0.458. The number of hydrogen-bond donors (Lipinski definition) is 1.